The summed E-state index contributed by atoms with van der Waals surface area (Å²) in [5, 5.41) is 23.1. The number of aryl methyl sites for hydroxylation is 1. The highest BCUT2D eigenvalue weighted by molar-refractivity contribution is 7.99. The van der Waals surface area contributed by atoms with Crippen LogP contribution in [0, 0.1) is 0 Å². The van der Waals surface area contributed by atoms with Crippen LogP contribution in [0.3, 0.4) is 0 Å². The molecule has 496 valence electrons. The molecule has 10 rings (SSSR count). The van der Waals surface area contributed by atoms with Gasteiger partial charge in [0.25, 0.3) is 0 Å². The Hall–Kier alpha value is -3.38. The second-order valence-electron chi connectivity index (χ2n) is 25.3. The summed E-state index contributed by atoms with van der Waals surface area (Å²) >= 11 is 2.14. The van der Waals surface area contributed by atoms with E-state index in [-0.39, 0.29) is 67.7 Å². The zero-order chi connectivity index (χ0) is 63.4. The number of halogens is 8. The van der Waals surface area contributed by atoms with Crippen LogP contribution in [0.5, 0.6) is 0 Å². The van der Waals surface area contributed by atoms with Crippen LogP contribution in [0.4, 0.5) is 35.1 Å². The zero-order valence-electron chi connectivity index (χ0n) is 51.5. The maximum atomic E-state index is 15.0. The largest absolute Gasteiger partial charge is 0.417 e. The molecule has 0 saturated carbocycles. The van der Waals surface area contributed by atoms with Crippen LogP contribution in [0.25, 0.3) is 22.5 Å². The molecule has 2 unspecified atom stereocenters. The Morgan fingerprint density at radius 2 is 1.11 bits per heavy atom. The van der Waals surface area contributed by atoms with Gasteiger partial charge < -0.3 is 19.8 Å². The lowest BCUT2D eigenvalue weighted by atomic mass is 9.93. The molecule has 4 saturated heterocycles. The van der Waals surface area contributed by atoms with Crippen LogP contribution in [0.1, 0.15) is 138 Å². The molecule has 6 aliphatic rings. The summed E-state index contributed by atoms with van der Waals surface area (Å²) in [4.78, 5) is 8.73. The monoisotopic (exact) mass is 1330 g/mol. The van der Waals surface area contributed by atoms with Crippen molar-refractivity contribution in [2.45, 2.75) is 188 Å². The molecule has 2 aromatic heterocycles. The number of likely N-dealkylation sites (tertiary alicyclic amines) is 4. The van der Waals surface area contributed by atoms with E-state index in [2.05, 4.69) is 19.6 Å². The Bertz CT molecular complexity index is 3250. The minimum Gasteiger partial charge on any atom is -0.389 e. The fourth-order valence-corrected chi connectivity index (χ4v) is 18.9. The minimum absolute atomic E-state index is 0.00227. The molecule has 0 radical (unpaired) electrons. The number of aliphatic hydroxyl groups excluding tert-OH is 1. The van der Waals surface area contributed by atoms with Gasteiger partial charge in [-0.25, -0.2) is 25.6 Å². The predicted molar refractivity (Wildman–Crippen MR) is 333 cm³/mol. The number of nitrogens with zero attached hydrogens (tertiary/aromatic N) is 10. The van der Waals surface area contributed by atoms with Crippen LogP contribution in [0.15, 0.2) is 46.2 Å². The van der Waals surface area contributed by atoms with Gasteiger partial charge in [0.2, 0.25) is 20.0 Å². The lowest BCUT2D eigenvalue weighted by Crippen LogP contribution is -2.52. The summed E-state index contributed by atoms with van der Waals surface area (Å²) in [5.41, 5.74) is 2.41. The van der Waals surface area contributed by atoms with Crippen molar-refractivity contribution in [2.75, 3.05) is 102 Å². The zero-order valence-corrected chi connectivity index (χ0v) is 54.7. The van der Waals surface area contributed by atoms with E-state index in [1.165, 1.54) is 32.9 Å². The van der Waals surface area contributed by atoms with Crippen molar-refractivity contribution in [1.29, 1.82) is 0 Å². The molecule has 2 aromatic carbocycles. The normalized spacial score (nSPS) is 21.1. The maximum absolute atomic E-state index is 15.0. The average Bonchev–Trinajstić information content (AvgIpc) is 1.76. The van der Waals surface area contributed by atoms with E-state index in [1.807, 2.05) is 9.36 Å². The van der Waals surface area contributed by atoms with Gasteiger partial charge in [0, 0.05) is 152 Å². The number of aliphatic hydroxyl groups is 1. The van der Waals surface area contributed by atoms with Gasteiger partial charge in [-0.1, -0.05) is 31.9 Å². The summed E-state index contributed by atoms with van der Waals surface area (Å²) in [6.45, 7) is 11.5. The first-order chi connectivity index (χ1) is 42.4. The molecule has 1 N–H and O–H groups in total. The van der Waals surface area contributed by atoms with Crippen molar-refractivity contribution >= 4 is 43.6 Å². The summed E-state index contributed by atoms with van der Waals surface area (Å²) in [6, 6.07) is 6.66. The molecule has 89 heavy (non-hydrogen) atoms. The number of fused-ring (bicyclic) bond motifs is 2. The second-order valence-corrected chi connectivity index (χ2v) is 32.2. The minimum atomic E-state index is -4.70. The van der Waals surface area contributed by atoms with E-state index in [1.54, 1.807) is 20.8 Å². The number of β-amino-alcohol motifs (C(OH)–C–C–N with tert-alkyl or cyclic N) is 1. The van der Waals surface area contributed by atoms with Crippen LogP contribution in [0.2, 0.25) is 0 Å². The highest BCUT2D eigenvalue weighted by Gasteiger charge is 2.43. The molecule has 15 nitrogen and oxygen atoms in total. The van der Waals surface area contributed by atoms with E-state index in [0.717, 1.165) is 93.0 Å². The van der Waals surface area contributed by atoms with E-state index in [4.69, 9.17) is 10.2 Å². The third-order valence-electron chi connectivity index (χ3n) is 18.9. The number of hydrogen-bond donors (Lipinski definition) is 1. The molecule has 4 fully saturated rings. The first-order valence-corrected chi connectivity index (χ1v) is 37.2. The lowest BCUT2D eigenvalue weighted by Gasteiger charge is -2.43. The molecule has 3 atom stereocenters. The number of rotatable bonds is 24. The number of hydrogen-bond acceptors (Lipinski definition) is 13. The molecule has 8 heterocycles. The number of alkyl halides is 8. The maximum Gasteiger partial charge on any atom is 0.417 e. The highest BCUT2D eigenvalue weighted by Crippen LogP contribution is 2.44. The van der Waals surface area contributed by atoms with Gasteiger partial charge in [-0.3, -0.25) is 14.3 Å². The van der Waals surface area contributed by atoms with Crippen molar-refractivity contribution in [1.82, 2.24) is 47.8 Å². The molecule has 27 heteroatoms. The third kappa shape index (κ3) is 16.4. The van der Waals surface area contributed by atoms with Crippen LogP contribution >= 0.6 is 23.5 Å². The van der Waals surface area contributed by atoms with Crippen molar-refractivity contribution in [3.8, 4) is 22.5 Å². The van der Waals surface area contributed by atoms with Crippen molar-refractivity contribution in [3.05, 3.63) is 70.0 Å². The van der Waals surface area contributed by atoms with Crippen LogP contribution in [-0.4, -0.2) is 202 Å². The van der Waals surface area contributed by atoms with Crippen molar-refractivity contribution < 1.29 is 57.1 Å². The Balaban J connectivity index is 1.06. The van der Waals surface area contributed by atoms with E-state index < -0.39 is 79.3 Å². The predicted octanol–water partition coefficient (Wildman–Crippen LogP) is 11.0. The molecular formula is C62H88F8N10O5S4. The molecule has 0 amide bonds. The number of piperidine rings is 4. The second kappa shape index (κ2) is 29.5. The van der Waals surface area contributed by atoms with Crippen LogP contribution < -0.4 is 0 Å². The first kappa shape index (κ1) is 68.5. The fourth-order valence-electron chi connectivity index (χ4n) is 14.0. The summed E-state index contributed by atoms with van der Waals surface area (Å²) in [6.07, 6.45) is -3.86. The quantitative estimate of drug-likeness (QED) is 0.0526. The van der Waals surface area contributed by atoms with E-state index >= 15 is 0 Å². The molecule has 0 bridgehead atoms. The topological polar surface area (TPSA) is 144 Å². The summed E-state index contributed by atoms with van der Waals surface area (Å²) in [5.74, 6) is 0.534. The summed E-state index contributed by atoms with van der Waals surface area (Å²) in [7, 11) is -7.57. The van der Waals surface area contributed by atoms with Gasteiger partial charge in [-0.2, -0.15) is 45.2 Å². The molecular weight excluding hydrogens is 1240 g/mol. The SMILES string of the molecule is CCCS(=O)(=O)N1CCc2c(c(-c3ccc(C(F)(F)F)c(SCCN4CCC(F)CC4)c3)nn2C(C(CCn2nc(-c3ccc(C(F)(F)F)c(SCCN4CCC(F)CC4)c3)c3c2CCN(S(=O)(=O)C(C)C)C3)N2CCCCC2)[C@@H](O)CN2CCCCC2)C1. The smallest absolute Gasteiger partial charge is 0.389 e. The van der Waals surface area contributed by atoms with Gasteiger partial charge in [-0.05, 0) is 129 Å². The van der Waals surface area contributed by atoms with E-state index in [9.17, 15) is 57.1 Å². The standard InChI is InChI=1S/C62H88F8N10O5S4/c1-4-37-88(82,83)77-30-20-53-49(40-77)59(45-12-14-51(62(68,69)70)57(39-45)87-36-34-74-28-17-47(64)18-29-74)72-80(53)60(55(81)42-75-22-7-5-8-23-75)54(76-24-9-6-10-25-76)21-32-79-52-19-31-78(89(84,85)43(2)3)41-48(52)58(71-79)44-11-13-50(61(65,66)67)56(38-44)86-35-33-73-26-15-46(63)16-27-73/h11-14,38-39,43,46-47,54-55,60,81H,4-10,15-37,40-42H2,1-3H3/t54?,55-,60?/m0/s1. The molecule has 6 aliphatic heterocycles. The Labute approximate surface area is 528 Å². The Morgan fingerprint density at radius 1 is 0.618 bits per heavy atom. The number of benzene rings is 2. The number of thioether (sulfide) groups is 2. The highest BCUT2D eigenvalue weighted by atomic mass is 32.2. The van der Waals surface area contributed by atoms with Gasteiger partial charge in [0.1, 0.15) is 12.3 Å². The van der Waals surface area contributed by atoms with Gasteiger partial charge in [-0.15, -0.1) is 23.5 Å². The van der Waals surface area contributed by atoms with E-state index in [0.29, 0.717) is 142 Å². The Kier molecular flexibility index (Phi) is 22.7. The van der Waals surface area contributed by atoms with Crippen molar-refractivity contribution in [2.24, 2.45) is 0 Å². The molecule has 0 spiro atoms. The lowest BCUT2D eigenvalue weighted by molar-refractivity contribution is -0.140. The first-order valence-electron chi connectivity index (χ1n) is 32.1. The Morgan fingerprint density at radius 3 is 1.64 bits per heavy atom. The number of aromatic nitrogens is 4. The third-order valence-corrected chi connectivity index (χ3v) is 25.2. The molecule has 0 aliphatic carbocycles. The number of sulfonamides is 2. The van der Waals surface area contributed by atoms with Gasteiger partial charge in [0.05, 0.1) is 45.7 Å². The van der Waals surface area contributed by atoms with Crippen molar-refractivity contribution in [3.63, 3.8) is 0 Å². The van der Waals surface area contributed by atoms with Gasteiger partial charge >= 0.3 is 12.4 Å². The van der Waals surface area contributed by atoms with Gasteiger partial charge in [0.15, 0.2) is 0 Å². The average molecular weight is 1330 g/mol. The fraction of sp³-hybridized carbons (Fsp3) is 0.710. The summed E-state index contributed by atoms with van der Waals surface area (Å²) < 4.78 is 180. The van der Waals surface area contributed by atoms with Crippen LogP contribution in [-0.2, 0) is 64.9 Å². The molecule has 4 aromatic rings.